The molecule has 0 aromatic heterocycles. The Kier molecular flexibility index (Phi) is 6.08. The van der Waals surface area contributed by atoms with Gasteiger partial charge in [-0.15, -0.1) is 0 Å². The largest absolute Gasteiger partial charge is 0.466 e. The van der Waals surface area contributed by atoms with Crippen LogP contribution in [0.15, 0.2) is 30.3 Å². The van der Waals surface area contributed by atoms with E-state index in [1.165, 1.54) is 5.56 Å². The molecule has 0 heterocycles. The molecule has 0 fully saturated rings. The third-order valence-corrected chi connectivity index (χ3v) is 2.42. The van der Waals surface area contributed by atoms with Crippen LogP contribution in [0.1, 0.15) is 37.8 Å². The minimum atomic E-state index is -0.175. The van der Waals surface area contributed by atoms with Crippen LogP contribution in [0, 0.1) is 0 Å². The van der Waals surface area contributed by atoms with Crippen molar-refractivity contribution < 1.29 is 9.53 Å². The van der Waals surface area contributed by atoms with E-state index in [-0.39, 0.29) is 5.97 Å². The Labute approximate surface area is 103 Å². The summed E-state index contributed by atoms with van der Waals surface area (Å²) in [7, 11) is 0. The zero-order valence-corrected chi connectivity index (χ0v) is 10.6. The van der Waals surface area contributed by atoms with Gasteiger partial charge in [-0.3, -0.25) is 4.79 Å². The van der Waals surface area contributed by atoms with Crippen LogP contribution < -0.4 is 0 Å². The van der Waals surface area contributed by atoms with Gasteiger partial charge in [0.25, 0.3) is 0 Å². The minimum absolute atomic E-state index is 0.175. The summed E-state index contributed by atoms with van der Waals surface area (Å²) in [5.41, 5.74) is 2.48. The molecule has 0 aliphatic heterocycles. The van der Waals surface area contributed by atoms with Gasteiger partial charge in [0.15, 0.2) is 0 Å². The van der Waals surface area contributed by atoms with Gasteiger partial charge >= 0.3 is 5.97 Å². The highest BCUT2D eigenvalue weighted by Crippen LogP contribution is 2.08. The summed E-state index contributed by atoms with van der Waals surface area (Å²) < 4.78 is 4.84. The van der Waals surface area contributed by atoms with Crippen LogP contribution in [0.5, 0.6) is 0 Å². The molecule has 0 aliphatic carbocycles. The van der Waals surface area contributed by atoms with Crippen molar-refractivity contribution in [2.75, 3.05) is 6.61 Å². The first-order chi connectivity index (χ1) is 8.26. The molecule has 0 N–H and O–H groups in total. The summed E-state index contributed by atoms with van der Waals surface area (Å²) in [6.07, 6.45) is 6.41. The topological polar surface area (TPSA) is 26.3 Å². The molecule has 0 saturated heterocycles. The highest BCUT2D eigenvalue weighted by atomic mass is 16.5. The molecule has 2 nitrogen and oxygen atoms in total. The fourth-order valence-electron chi connectivity index (χ4n) is 1.60. The molecule has 2 heteroatoms. The van der Waals surface area contributed by atoms with E-state index < -0.39 is 0 Å². The summed E-state index contributed by atoms with van der Waals surface area (Å²) in [6.45, 7) is 4.43. The van der Waals surface area contributed by atoms with Gasteiger partial charge in [-0.1, -0.05) is 49.8 Å². The molecule has 1 aromatic carbocycles. The van der Waals surface area contributed by atoms with Gasteiger partial charge in [-0.25, -0.2) is 0 Å². The minimum Gasteiger partial charge on any atom is -0.466 e. The standard InChI is InChI=1S/C15H20O2/c1-3-6-13-9-11-14(12-10-13)7-5-8-15(16)17-4-2/h5,7,9-12H,3-4,6,8H2,1-2H3. The van der Waals surface area contributed by atoms with Gasteiger partial charge in [0.2, 0.25) is 0 Å². The lowest BCUT2D eigenvalue weighted by atomic mass is 10.1. The summed E-state index contributed by atoms with van der Waals surface area (Å²) >= 11 is 0. The monoisotopic (exact) mass is 232 g/mol. The normalized spacial score (nSPS) is 10.7. The number of esters is 1. The van der Waals surface area contributed by atoms with Crippen molar-refractivity contribution in [2.45, 2.75) is 33.1 Å². The Balaban J connectivity index is 2.45. The van der Waals surface area contributed by atoms with Gasteiger partial charge in [-0.2, -0.15) is 0 Å². The van der Waals surface area contributed by atoms with E-state index in [1.54, 1.807) is 0 Å². The number of hydrogen-bond acceptors (Lipinski definition) is 2. The van der Waals surface area contributed by atoms with Gasteiger partial charge in [-0.05, 0) is 24.5 Å². The van der Waals surface area contributed by atoms with Gasteiger partial charge in [0.1, 0.15) is 0 Å². The summed E-state index contributed by atoms with van der Waals surface area (Å²) in [5, 5.41) is 0. The first kappa shape index (κ1) is 13.5. The Morgan fingerprint density at radius 2 is 1.94 bits per heavy atom. The number of carbonyl (C=O) groups excluding carboxylic acids is 1. The van der Waals surface area contributed by atoms with Crippen LogP contribution in [-0.4, -0.2) is 12.6 Å². The second-order valence-corrected chi connectivity index (χ2v) is 3.90. The Morgan fingerprint density at radius 3 is 2.53 bits per heavy atom. The molecule has 92 valence electrons. The number of carbonyl (C=O) groups is 1. The summed E-state index contributed by atoms with van der Waals surface area (Å²) in [5.74, 6) is -0.175. The maximum atomic E-state index is 11.1. The average Bonchev–Trinajstić information content (AvgIpc) is 2.32. The highest BCUT2D eigenvalue weighted by Gasteiger charge is 1.96. The second-order valence-electron chi connectivity index (χ2n) is 3.90. The predicted molar refractivity (Wildman–Crippen MR) is 70.7 cm³/mol. The number of rotatable bonds is 6. The number of aryl methyl sites for hydroxylation is 1. The molecule has 1 aromatic rings. The van der Waals surface area contributed by atoms with Crippen molar-refractivity contribution in [2.24, 2.45) is 0 Å². The molecule has 17 heavy (non-hydrogen) atoms. The van der Waals surface area contributed by atoms with Crippen molar-refractivity contribution in [3.8, 4) is 0 Å². The fraction of sp³-hybridized carbons (Fsp3) is 0.400. The molecular formula is C15H20O2. The zero-order chi connectivity index (χ0) is 12.5. The maximum Gasteiger partial charge on any atom is 0.309 e. The molecule has 0 spiro atoms. The predicted octanol–water partition coefficient (Wildman–Crippen LogP) is 3.61. The van der Waals surface area contributed by atoms with Crippen LogP contribution in [0.3, 0.4) is 0 Å². The van der Waals surface area contributed by atoms with Crippen LogP contribution in [0.4, 0.5) is 0 Å². The van der Waals surface area contributed by atoms with Crippen molar-refractivity contribution >= 4 is 12.0 Å². The van der Waals surface area contributed by atoms with Crippen LogP contribution in [0.25, 0.3) is 6.08 Å². The molecule has 0 aliphatic rings. The van der Waals surface area contributed by atoms with E-state index in [9.17, 15) is 4.79 Å². The molecular weight excluding hydrogens is 212 g/mol. The van der Waals surface area contributed by atoms with Gasteiger partial charge in [0, 0.05) is 0 Å². The van der Waals surface area contributed by atoms with E-state index in [0.717, 1.165) is 18.4 Å². The SMILES string of the molecule is CCCc1ccc(C=CCC(=O)OCC)cc1. The van der Waals surface area contributed by atoms with Crippen molar-refractivity contribution in [3.05, 3.63) is 41.5 Å². The first-order valence-corrected chi connectivity index (χ1v) is 6.17. The maximum absolute atomic E-state index is 11.1. The Morgan fingerprint density at radius 1 is 1.24 bits per heavy atom. The Hall–Kier alpha value is -1.57. The lowest BCUT2D eigenvalue weighted by Crippen LogP contribution is -2.01. The summed E-state index contributed by atoms with van der Waals surface area (Å²) in [4.78, 5) is 11.1. The summed E-state index contributed by atoms with van der Waals surface area (Å²) in [6, 6.07) is 8.42. The Bertz CT molecular complexity index is 363. The van der Waals surface area contributed by atoms with Crippen LogP contribution in [-0.2, 0) is 16.0 Å². The van der Waals surface area contributed by atoms with Gasteiger partial charge in [0.05, 0.1) is 13.0 Å². The van der Waals surface area contributed by atoms with E-state index in [0.29, 0.717) is 13.0 Å². The van der Waals surface area contributed by atoms with E-state index in [1.807, 2.05) is 19.1 Å². The third-order valence-electron chi connectivity index (χ3n) is 2.42. The molecule has 0 bridgehead atoms. The van der Waals surface area contributed by atoms with Crippen molar-refractivity contribution in [3.63, 3.8) is 0 Å². The second kappa shape index (κ2) is 7.66. The quantitative estimate of drug-likeness (QED) is 0.700. The molecule has 0 amide bonds. The van der Waals surface area contributed by atoms with Crippen LogP contribution >= 0.6 is 0 Å². The fourth-order valence-corrected chi connectivity index (χ4v) is 1.60. The van der Waals surface area contributed by atoms with E-state index in [4.69, 9.17) is 4.74 Å². The average molecular weight is 232 g/mol. The first-order valence-electron chi connectivity index (χ1n) is 6.17. The number of hydrogen-bond donors (Lipinski definition) is 0. The third kappa shape index (κ3) is 5.34. The number of benzene rings is 1. The molecule has 0 atom stereocenters. The zero-order valence-electron chi connectivity index (χ0n) is 10.6. The lowest BCUT2D eigenvalue weighted by Gasteiger charge is -1.99. The highest BCUT2D eigenvalue weighted by molar-refractivity contribution is 5.72. The molecule has 1 rings (SSSR count). The molecule has 0 radical (unpaired) electrons. The van der Waals surface area contributed by atoms with E-state index in [2.05, 4.69) is 31.2 Å². The van der Waals surface area contributed by atoms with Crippen molar-refractivity contribution in [1.82, 2.24) is 0 Å². The van der Waals surface area contributed by atoms with Crippen LogP contribution in [0.2, 0.25) is 0 Å². The number of ether oxygens (including phenoxy) is 1. The van der Waals surface area contributed by atoms with Crippen molar-refractivity contribution in [1.29, 1.82) is 0 Å². The molecule has 0 saturated carbocycles. The molecule has 0 unspecified atom stereocenters. The smallest absolute Gasteiger partial charge is 0.309 e. The lowest BCUT2D eigenvalue weighted by molar-refractivity contribution is -0.142. The van der Waals surface area contributed by atoms with Gasteiger partial charge < -0.3 is 4.74 Å². The van der Waals surface area contributed by atoms with E-state index >= 15 is 0 Å².